The van der Waals surface area contributed by atoms with Crippen LogP contribution in [0, 0.1) is 11.3 Å². The summed E-state index contributed by atoms with van der Waals surface area (Å²) in [6.45, 7) is 0. The van der Waals surface area contributed by atoms with Crippen LogP contribution in [0.25, 0.3) is 146 Å². The normalized spacial score (nSPS) is 11.9. The molecule has 0 saturated heterocycles. The van der Waals surface area contributed by atoms with Crippen LogP contribution in [0.3, 0.4) is 0 Å². The number of aromatic nitrogens is 8. The predicted molar refractivity (Wildman–Crippen MR) is 340 cm³/mol. The van der Waals surface area contributed by atoms with Crippen molar-refractivity contribution in [1.82, 2.24) is 39.0 Å². The van der Waals surface area contributed by atoms with E-state index in [0.717, 1.165) is 72.5 Å². The second kappa shape index (κ2) is 21.8. The summed E-state index contributed by atoms with van der Waals surface area (Å²) in [7, 11) is 0. The number of fused-ring (bicyclic) bond motifs is 6. The Morgan fingerprint density at radius 3 is 1.11 bits per heavy atom. The zero-order valence-corrected chi connectivity index (χ0v) is 47.1. The average molecular weight is 1180 g/mol. The monoisotopic (exact) mass is 1180 g/mol. The van der Waals surface area contributed by atoms with Gasteiger partial charge in [0.05, 0.1) is 50.5 Å². The molecular weight excluding hydrogens is 1140 g/mol. The fourth-order valence-electron chi connectivity index (χ4n) is 11.9. The van der Waals surface area contributed by atoms with Gasteiger partial charge in [-0.3, -0.25) is 0 Å². The molecule has 0 aliphatic heterocycles. The van der Waals surface area contributed by atoms with Crippen LogP contribution in [0.15, 0.2) is 261 Å². The molecule has 0 N–H and O–H groups in total. The van der Waals surface area contributed by atoms with Gasteiger partial charge in [0.25, 0.3) is 0 Å². The van der Waals surface area contributed by atoms with E-state index in [1.165, 1.54) is 0 Å². The Morgan fingerprint density at radius 2 is 0.678 bits per heavy atom. The Hall–Kier alpha value is -11.9. The third-order valence-electron chi connectivity index (χ3n) is 16.1. The SMILES string of the molecule is N#Cc1ccc(-n2c3ccccc3c3cc(-c4nc(-c5ccccc5)nc(-c5ccccc5)n4)ccc32)c(-c2cc(-n3c4ccccc4c4cc(-c5nc(-c6ccccc6)nc(-c6ccccc6)n5)ccc43)ccc2-c2cc(C(F)(F)F)cc(C(F)(F)F)c2)c1. The fraction of sp³-hybridized carbons (Fsp3) is 0.0267. The van der Waals surface area contributed by atoms with E-state index in [1.54, 1.807) is 36.4 Å². The van der Waals surface area contributed by atoms with E-state index in [9.17, 15) is 31.6 Å². The van der Waals surface area contributed by atoms with Crippen molar-refractivity contribution in [3.8, 4) is 108 Å². The summed E-state index contributed by atoms with van der Waals surface area (Å²) in [5.74, 6) is 2.77. The fourth-order valence-corrected chi connectivity index (χ4v) is 11.9. The van der Waals surface area contributed by atoms with Gasteiger partial charge >= 0.3 is 12.4 Å². The predicted octanol–water partition coefficient (Wildman–Crippen LogP) is 19.5. The second-order valence-corrected chi connectivity index (χ2v) is 21.6. The molecule has 430 valence electrons. The van der Waals surface area contributed by atoms with Crippen molar-refractivity contribution in [3.05, 3.63) is 278 Å². The summed E-state index contributed by atoms with van der Waals surface area (Å²) in [6, 6.07) is 79.6. The van der Waals surface area contributed by atoms with Crippen molar-refractivity contribution in [2.45, 2.75) is 12.4 Å². The first-order valence-electron chi connectivity index (χ1n) is 28.6. The molecule has 9 nitrogen and oxygen atoms in total. The molecule has 15 rings (SSSR count). The lowest BCUT2D eigenvalue weighted by molar-refractivity contribution is -0.143. The number of alkyl halides is 6. The Morgan fingerprint density at radius 1 is 0.289 bits per heavy atom. The molecule has 0 fully saturated rings. The lowest BCUT2D eigenvalue weighted by Gasteiger charge is -2.21. The van der Waals surface area contributed by atoms with Gasteiger partial charge in [-0.2, -0.15) is 31.6 Å². The maximum atomic E-state index is 14.9. The number of rotatable bonds is 10. The summed E-state index contributed by atoms with van der Waals surface area (Å²) in [5.41, 5.74) is 6.05. The van der Waals surface area contributed by atoms with E-state index < -0.39 is 23.5 Å². The Labute approximate surface area is 509 Å². The number of para-hydroxylation sites is 2. The van der Waals surface area contributed by atoms with Crippen molar-refractivity contribution < 1.29 is 26.3 Å². The van der Waals surface area contributed by atoms with Gasteiger partial charge in [0.15, 0.2) is 34.9 Å². The van der Waals surface area contributed by atoms with Crippen molar-refractivity contribution in [2.75, 3.05) is 0 Å². The maximum Gasteiger partial charge on any atom is 0.416 e. The molecular formula is C75H43F6N9. The molecule has 90 heavy (non-hydrogen) atoms. The minimum absolute atomic E-state index is 0.0503. The average Bonchev–Trinajstić information content (AvgIpc) is 1.63. The van der Waals surface area contributed by atoms with Gasteiger partial charge in [0, 0.05) is 66.2 Å². The number of nitriles is 1. The number of nitrogens with zero attached hydrogens (tertiary/aromatic N) is 9. The number of hydrogen-bond acceptors (Lipinski definition) is 7. The molecule has 0 atom stereocenters. The van der Waals surface area contributed by atoms with Crippen LogP contribution >= 0.6 is 0 Å². The van der Waals surface area contributed by atoms with Crippen LogP contribution < -0.4 is 0 Å². The highest BCUT2D eigenvalue weighted by Gasteiger charge is 2.37. The van der Waals surface area contributed by atoms with Crippen LogP contribution in [-0.4, -0.2) is 39.0 Å². The van der Waals surface area contributed by atoms with Crippen LogP contribution in [0.2, 0.25) is 0 Å². The Balaban J connectivity index is 0.952. The number of benzene rings is 11. The summed E-state index contributed by atoms with van der Waals surface area (Å²) in [6.07, 6.45) is -10.3. The highest BCUT2D eigenvalue weighted by atomic mass is 19.4. The lowest BCUT2D eigenvalue weighted by Crippen LogP contribution is -2.11. The zero-order valence-electron chi connectivity index (χ0n) is 47.1. The van der Waals surface area contributed by atoms with Gasteiger partial charge in [-0.1, -0.05) is 164 Å². The van der Waals surface area contributed by atoms with E-state index in [2.05, 4.69) is 6.07 Å². The lowest BCUT2D eigenvalue weighted by atomic mass is 9.90. The molecule has 4 aromatic heterocycles. The van der Waals surface area contributed by atoms with Crippen LogP contribution in [0.1, 0.15) is 16.7 Å². The molecule has 0 saturated carbocycles. The van der Waals surface area contributed by atoms with Gasteiger partial charge in [-0.05, 0) is 114 Å². The van der Waals surface area contributed by atoms with Gasteiger partial charge in [-0.25, -0.2) is 29.9 Å². The van der Waals surface area contributed by atoms with Gasteiger partial charge in [-0.15, -0.1) is 0 Å². The Bertz CT molecular complexity index is 5200. The molecule has 0 radical (unpaired) electrons. The van der Waals surface area contributed by atoms with E-state index in [1.807, 2.05) is 215 Å². The summed E-state index contributed by atoms with van der Waals surface area (Å²) >= 11 is 0. The molecule has 11 aromatic carbocycles. The smallest absolute Gasteiger partial charge is 0.309 e. The maximum absolute atomic E-state index is 14.9. The van der Waals surface area contributed by atoms with Crippen LogP contribution in [-0.2, 0) is 12.4 Å². The first-order chi connectivity index (χ1) is 43.8. The van der Waals surface area contributed by atoms with E-state index in [-0.39, 0.29) is 28.3 Å². The highest BCUT2D eigenvalue weighted by Crippen LogP contribution is 2.46. The topological polar surface area (TPSA) is 111 Å². The number of halogens is 6. The quantitative estimate of drug-likeness (QED) is 0.125. The molecule has 0 aliphatic rings. The van der Waals surface area contributed by atoms with Gasteiger partial charge < -0.3 is 9.13 Å². The third kappa shape index (κ3) is 9.91. The van der Waals surface area contributed by atoms with Crippen molar-refractivity contribution in [3.63, 3.8) is 0 Å². The van der Waals surface area contributed by atoms with Crippen LogP contribution in [0.5, 0.6) is 0 Å². The highest BCUT2D eigenvalue weighted by molar-refractivity contribution is 6.12. The van der Waals surface area contributed by atoms with Gasteiger partial charge in [0.1, 0.15) is 0 Å². The molecule has 0 aliphatic carbocycles. The first-order valence-corrected chi connectivity index (χ1v) is 28.6. The minimum atomic E-state index is -5.15. The van der Waals surface area contributed by atoms with Crippen molar-refractivity contribution in [2.24, 2.45) is 0 Å². The van der Waals surface area contributed by atoms with E-state index in [4.69, 9.17) is 29.9 Å². The van der Waals surface area contributed by atoms with Gasteiger partial charge in [0.2, 0.25) is 0 Å². The van der Waals surface area contributed by atoms with Crippen molar-refractivity contribution in [1.29, 1.82) is 5.26 Å². The molecule has 15 heteroatoms. The minimum Gasteiger partial charge on any atom is -0.309 e. The zero-order chi connectivity index (χ0) is 61.3. The summed E-state index contributed by atoms with van der Waals surface area (Å²) < 4.78 is 93.4. The summed E-state index contributed by atoms with van der Waals surface area (Å²) in [4.78, 5) is 29.8. The van der Waals surface area contributed by atoms with E-state index >= 15 is 0 Å². The largest absolute Gasteiger partial charge is 0.416 e. The molecule has 0 bridgehead atoms. The summed E-state index contributed by atoms with van der Waals surface area (Å²) in [5, 5.41) is 14.0. The first kappa shape index (κ1) is 54.7. The third-order valence-corrected chi connectivity index (χ3v) is 16.1. The molecule has 0 spiro atoms. The van der Waals surface area contributed by atoms with Crippen LogP contribution in [0.4, 0.5) is 26.3 Å². The van der Waals surface area contributed by atoms with E-state index in [0.29, 0.717) is 68.5 Å². The second-order valence-electron chi connectivity index (χ2n) is 21.6. The molecule has 0 unspecified atom stereocenters. The molecule has 4 heterocycles. The van der Waals surface area contributed by atoms with Crippen molar-refractivity contribution >= 4 is 43.6 Å². The number of hydrogen-bond donors (Lipinski definition) is 0. The standard InChI is InChI=1S/C75H43F6N9/c76-74(77,78)53-38-52(39-54(42-53)75(79,80)81)56-33-32-55(89-63-27-15-13-25-57(63)61-40-50(30-35-65(61)89)72-85-68(46-17-5-1-6-18-46)83-69(86-72)47-19-7-2-8-20-47)43-59(56)60-37-45(44-82)29-34-66(60)90-64-28-16-14-26-58(64)62-41-51(31-36-67(62)90)73-87-70(48-21-9-3-10-22-48)84-71(88-73)49-23-11-4-12-24-49/h1-43H. The molecule has 0 amide bonds. The Kier molecular flexibility index (Phi) is 13.3. The molecule has 15 aromatic rings.